The zero-order chi connectivity index (χ0) is 52.2. The average molecular weight is 1050 g/mol. The number of fused-ring (bicyclic) bond motifs is 8. The molecule has 0 saturated heterocycles. The van der Waals surface area contributed by atoms with Crippen molar-refractivity contribution in [2.45, 2.75) is 183 Å². The first-order valence-corrected chi connectivity index (χ1v) is 27.7. The van der Waals surface area contributed by atoms with Crippen LogP contribution < -0.4 is 10.1 Å². The van der Waals surface area contributed by atoms with Gasteiger partial charge in [0.15, 0.2) is 0 Å². The summed E-state index contributed by atoms with van der Waals surface area (Å²) in [6, 6.07) is 16.4. The molecular weight excluding hydrogens is 974 g/mol. The van der Waals surface area contributed by atoms with E-state index in [2.05, 4.69) is 101 Å². The Kier molecular flexibility index (Phi) is 19.0. The molecule has 0 atom stereocenters. The van der Waals surface area contributed by atoms with Crippen LogP contribution in [0.25, 0.3) is 0 Å². The first-order chi connectivity index (χ1) is 31.6. The molecule has 0 radical (unpaired) electrons. The number of aromatic hydroxyl groups is 3. The van der Waals surface area contributed by atoms with Gasteiger partial charge in [-0.15, -0.1) is 0 Å². The van der Waals surface area contributed by atoms with Gasteiger partial charge in [-0.2, -0.15) is 0 Å². The van der Waals surface area contributed by atoms with Gasteiger partial charge in [-0.3, -0.25) is 19.5 Å². The summed E-state index contributed by atoms with van der Waals surface area (Å²) in [6.07, 6.45) is -0.806. The fourth-order valence-electron chi connectivity index (χ4n) is 6.73. The van der Waals surface area contributed by atoms with E-state index >= 15 is 0 Å². The molecule has 1 heterocycles. The van der Waals surface area contributed by atoms with Crippen LogP contribution in [0.15, 0.2) is 87.7 Å². The van der Waals surface area contributed by atoms with Crippen LogP contribution in [0.2, 0.25) is 0 Å². The smallest absolute Gasteiger partial charge is 0.349 e. The second-order valence-corrected chi connectivity index (χ2v) is 28.3. The predicted octanol–water partition coefficient (Wildman–Crippen LogP) is 14.4. The molecule has 8 bridgehead atoms. The van der Waals surface area contributed by atoms with Gasteiger partial charge in [0.2, 0.25) is 0 Å². The maximum absolute atomic E-state index is 13.8. The van der Waals surface area contributed by atoms with Gasteiger partial charge in [-0.25, -0.2) is 0 Å². The molecule has 0 unspecified atom stereocenters. The van der Waals surface area contributed by atoms with Gasteiger partial charge in [-0.1, -0.05) is 130 Å². The van der Waals surface area contributed by atoms with Crippen LogP contribution >= 0.6 is 54.6 Å². The van der Waals surface area contributed by atoms with E-state index in [0.717, 1.165) is 32.0 Å². The van der Waals surface area contributed by atoms with Crippen molar-refractivity contribution in [1.29, 1.82) is 0 Å². The van der Waals surface area contributed by atoms with E-state index in [0.29, 0.717) is 41.7 Å². The van der Waals surface area contributed by atoms with E-state index < -0.39 is 31.2 Å². The molecule has 12 nitrogen and oxygen atoms in total. The van der Waals surface area contributed by atoms with Crippen LogP contribution in [0.3, 0.4) is 0 Å². The minimum Gasteiger partial charge on any atom is -0.506 e. The highest BCUT2D eigenvalue weighted by Crippen LogP contribution is 2.59. The van der Waals surface area contributed by atoms with E-state index in [1.165, 1.54) is 47.0 Å². The number of nitrogens with one attached hydrogen (secondary N) is 1. The maximum Gasteiger partial charge on any atom is 0.349 e. The van der Waals surface area contributed by atoms with Gasteiger partial charge in [0.25, 0.3) is 0 Å². The van der Waals surface area contributed by atoms with Crippen LogP contribution in [0, 0.1) is 0 Å². The average Bonchev–Trinajstić information content (AvgIpc) is 3.19. The molecule has 4 aromatic rings. The Hall–Kier alpha value is -3.47. The summed E-state index contributed by atoms with van der Waals surface area (Å²) in [4.78, 5) is 24.2. The molecule has 4 aromatic carbocycles. The topological polar surface area (TPSA) is 192 Å². The van der Waals surface area contributed by atoms with Crippen LogP contribution in [-0.2, 0) is 44.9 Å². The lowest BCUT2D eigenvalue weighted by molar-refractivity contribution is -0.147. The largest absolute Gasteiger partial charge is 0.506 e. The molecule has 0 aromatic heterocycles. The number of hydrogen-bond donors (Lipinski definition) is 6. The highest BCUT2D eigenvalue weighted by atomic mass is 32.2. The highest BCUT2D eigenvalue weighted by molar-refractivity contribution is 8.01. The lowest BCUT2D eigenvalue weighted by Crippen LogP contribution is -2.42. The number of hydrogen-bond acceptors (Lipinski definition) is 14. The lowest BCUT2D eigenvalue weighted by Gasteiger charge is -2.33. The monoisotopic (exact) mass is 1050 g/mol. The van der Waals surface area contributed by atoms with Crippen molar-refractivity contribution < 1.29 is 53.5 Å². The molecule has 6 N–H and O–H groups in total. The quantitative estimate of drug-likeness (QED) is 0.0392. The summed E-state index contributed by atoms with van der Waals surface area (Å²) >= 11 is 5.55. The van der Waals surface area contributed by atoms with Gasteiger partial charge in [-0.05, 0) is 120 Å². The van der Waals surface area contributed by atoms with Gasteiger partial charge in [0.05, 0.1) is 52.4 Å². The number of carboxylic acid groups (broad SMARTS) is 2. The van der Waals surface area contributed by atoms with Gasteiger partial charge < -0.3 is 39.3 Å². The molecule has 5 rings (SSSR count). The predicted molar refractivity (Wildman–Crippen MR) is 280 cm³/mol. The first kappa shape index (κ1) is 58.1. The van der Waals surface area contributed by atoms with Crippen LogP contribution in [0.4, 0.5) is 0 Å². The van der Waals surface area contributed by atoms with Gasteiger partial charge in [0, 0.05) is 6.54 Å². The summed E-state index contributed by atoms with van der Waals surface area (Å²) < 4.78 is 32.1. The SMILES string of the molecule is CCOP(=O)(OCC)C(C)(C)NCCOc1c2cc(C(C)(C)C)cc1Sc1cc(C(C)(C)C)cc(c1O)Sc1cc(C(C)(C)C)cc(c1O)Sc1cc(C(C)(C)C)cc(c1O)S2.O=C(O)CC(=O)O. The fourth-order valence-corrected chi connectivity index (χ4v) is 12.9. The minimum atomic E-state index is -3.52. The Balaban J connectivity index is 0.00000137. The molecule has 1 aliphatic rings. The van der Waals surface area contributed by atoms with Crippen molar-refractivity contribution >= 4 is 66.6 Å². The van der Waals surface area contributed by atoms with Crippen molar-refractivity contribution in [1.82, 2.24) is 5.32 Å². The van der Waals surface area contributed by atoms with E-state index in [-0.39, 0.29) is 58.7 Å². The molecule has 0 spiro atoms. The molecule has 17 heteroatoms. The minimum absolute atomic E-state index is 0.0935. The summed E-state index contributed by atoms with van der Waals surface area (Å²) in [5.74, 6) is -1.71. The summed E-state index contributed by atoms with van der Waals surface area (Å²) in [6.45, 7) is 34.1. The van der Waals surface area contributed by atoms with Gasteiger partial charge in [0.1, 0.15) is 41.3 Å². The second kappa shape index (κ2) is 22.5. The number of phenols is 3. The molecular formula is C52H72NO11PS4. The number of carbonyl (C=O) groups is 2. The van der Waals surface area contributed by atoms with Crippen molar-refractivity contribution in [2.24, 2.45) is 0 Å². The summed E-state index contributed by atoms with van der Waals surface area (Å²) in [5, 5.41) is 54.5. The van der Waals surface area contributed by atoms with Gasteiger partial charge >= 0.3 is 19.5 Å². The Morgan fingerprint density at radius 1 is 0.507 bits per heavy atom. The maximum atomic E-state index is 13.8. The third kappa shape index (κ3) is 15.0. The number of phenolic OH excluding ortho intramolecular Hbond substituents is 3. The molecule has 380 valence electrons. The molecule has 0 amide bonds. The Labute approximate surface area is 426 Å². The van der Waals surface area contributed by atoms with E-state index in [1.54, 1.807) is 13.8 Å². The number of aliphatic carboxylic acids is 2. The molecule has 69 heavy (non-hydrogen) atoms. The first-order valence-electron chi connectivity index (χ1n) is 22.8. The molecule has 1 aliphatic heterocycles. The zero-order valence-electron chi connectivity index (χ0n) is 42.9. The number of benzene rings is 4. The van der Waals surface area contributed by atoms with E-state index in [9.17, 15) is 29.5 Å². The van der Waals surface area contributed by atoms with Crippen molar-refractivity contribution in [3.8, 4) is 23.0 Å². The van der Waals surface area contributed by atoms with Crippen LogP contribution in [0.5, 0.6) is 23.0 Å². The number of rotatable bonds is 12. The summed E-state index contributed by atoms with van der Waals surface area (Å²) in [5.41, 5.74) is 3.07. The number of carboxylic acids is 2. The van der Waals surface area contributed by atoms with Crippen molar-refractivity contribution in [2.75, 3.05) is 26.4 Å². The molecule has 0 aliphatic carbocycles. The second-order valence-electron chi connectivity index (χ2n) is 21.3. The van der Waals surface area contributed by atoms with E-state index in [4.69, 9.17) is 24.0 Å². The normalized spacial score (nSPS) is 13.6. The third-order valence-electron chi connectivity index (χ3n) is 11.0. The standard InChI is InChI=1S/C49H68NO7PS4.C3H4O4/c1-17-56-58(54,57-18-2)49(15,16)50-19-20-55-44-39-27-32(48(12,13)14)28-40(44)62-38-26-31(47(9,10)11)24-36(43(38)53)60-34-22-29(45(3,4)5)21-33(41(34)51)59-35-23-30(46(6,7)8)25-37(61-39)42(35)52;4-2(5)1-3(6)7/h21-28,50-53H,17-20H2,1-16H3;1H2,(H,4,5)(H,6,7). The van der Waals surface area contributed by atoms with E-state index in [1.807, 2.05) is 50.2 Å². The Morgan fingerprint density at radius 3 is 1.00 bits per heavy atom. The third-order valence-corrected chi connectivity index (χ3v) is 17.9. The Bertz CT molecular complexity index is 2430. The highest BCUT2D eigenvalue weighted by Gasteiger charge is 2.43. The molecule has 0 saturated carbocycles. The zero-order valence-corrected chi connectivity index (χ0v) is 47.1. The Morgan fingerprint density at radius 2 is 0.768 bits per heavy atom. The fraction of sp³-hybridized carbons (Fsp3) is 0.500. The molecule has 0 fully saturated rings. The number of ether oxygens (including phenoxy) is 1. The van der Waals surface area contributed by atoms with Crippen molar-refractivity contribution in [3.63, 3.8) is 0 Å². The van der Waals surface area contributed by atoms with Crippen LogP contribution in [0.1, 0.15) is 139 Å². The van der Waals surface area contributed by atoms with Crippen molar-refractivity contribution in [3.05, 3.63) is 70.8 Å². The lowest BCUT2D eigenvalue weighted by atomic mass is 9.87. The summed E-state index contributed by atoms with van der Waals surface area (Å²) in [7, 11) is -3.52. The van der Waals surface area contributed by atoms with Crippen LogP contribution in [-0.4, -0.2) is 69.1 Å².